The minimum atomic E-state index is -0.577. The van der Waals surface area contributed by atoms with Crippen molar-refractivity contribution in [2.24, 2.45) is 0 Å². The molecule has 0 saturated carbocycles. The molecular weight excluding hydrogens is 368 g/mol. The zero-order valence-electron chi connectivity index (χ0n) is 16.3. The van der Waals surface area contributed by atoms with Gasteiger partial charge in [-0.15, -0.1) is 0 Å². The van der Waals surface area contributed by atoms with Gasteiger partial charge in [0, 0.05) is 11.4 Å². The molecule has 29 heavy (non-hydrogen) atoms. The van der Waals surface area contributed by atoms with E-state index < -0.39 is 18.5 Å². The predicted molar refractivity (Wildman–Crippen MR) is 110 cm³/mol. The molecule has 0 aliphatic rings. The van der Waals surface area contributed by atoms with Gasteiger partial charge in [0.2, 0.25) is 0 Å². The van der Waals surface area contributed by atoms with Gasteiger partial charge in [-0.25, -0.2) is 0 Å². The number of hydrogen-bond acceptors (Lipinski definition) is 6. The van der Waals surface area contributed by atoms with Gasteiger partial charge in [-0.2, -0.15) is 5.26 Å². The highest BCUT2D eigenvalue weighted by molar-refractivity contribution is 6.00. The Labute approximate surface area is 169 Å². The lowest BCUT2D eigenvalue weighted by Crippen LogP contribution is -2.32. The molecule has 0 aromatic heterocycles. The van der Waals surface area contributed by atoms with E-state index >= 15 is 0 Å². The van der Waals surface area contributed by atoms with Gasteiger partial charge in [-0.05, 0) is 43.7 Å². The SMILES string of the molecule is CC(=N)/C(NC(=O)COC(=O)Cc1cccc(C#N)c1)=C(/C)Nc1ccccc1. The third-order valence-electron chi connectivity index (χ3n) is 3.89. The summed E-state index contributed by atoms with van der Waals surface area (Å²) in [5, 5.41) is 22.5. The zero-order valence-corrected chi connectivity index (χ0v) is 16.3. The van der Waals surface area contributed by atoms with Crippen LogP contribution in [0.25, 0.3) is 0 Å². The fourth-order valence-electron chi connectivity index (χ4n) is 2.56. The number of nitrogens with zero attached hydrogens (tertiary/aromatic N) is 1. The summed E-state index contributed by atoms with van der Waals surface area (Å²) in [4.78, 5) is 24.1. The molecule has 0 spiro atoms. The van der Waals surface area contributed by atoms with E-state index in [1.165, 1.54) is 0 Å². The number of anilines is 1. The quantitative estimate of drug-likeness (QED) is 0.473. The van der Waals surface area contributed by atoms with E-state index in [0.717, 1.165) is 5.69 Å². The van der Waals surface area contributed by atoms with E-state index in [1.54, 1.807) is 38.1 Å². The van der Waals surface area contributed by atoms with Crippen molar-refractivity contribution in [1.82, 2.24) is 5.32 Å². The second kappa shape index (κ2) is 10.4. The first-order valence-corrected chi connectivity index (χ1v) is 8.92. The molecule has 0 unspecified atom stereocenters. The van der Waals surface area contributed by atoms with E-state index in [1.807, 2.05) is 36.4 Å². The number of allylic oxidation sites excluding steroid dienone is 2. The fraction of sp³-hybridized carbons (Fsp3) is 0.182. The van der Waals surface area contributed by atoms with Crippen molar-refractivity contribution in [3.63, 3.8) is 0 Å². The molecular formula is C22H22N4O3. The summed E-state index contributed by atoms with van der Waals surface area (Å²) < 4.78 is 5.01. The second-order valence-electron chi connectivity index (χ2n) is 6.31. The number of ether oxygens (including phenoxy) is 1. The van der Waals surface area contributed by atoms with Gasteiger partial charge >= 0.3 is 5.97 Å². The van der Waals surface area contributed by atoms with Crippen molar-refractivity contribution in [3.8, 4) is 6.07 Å². The van der Waals surface area contributed by atoms with Gasteiger partial charge in [0.25, 0.3) is 5.91 Å². The molecule has 0 fully saturated rings. The molecule has 0 radical (unpaired) electrons. The number of nitriles is 1. The number of rotatable bonds is 8. The summed E-state index contributed by atoms with van der Waals surface area (Å²) >= 11 is 0. The van der Waals surface area contributed by atoms with E-state index in [9.17, 15) is 9.59 Å². The third-order valence-corrected chi connectivity index (χ3v) is 3.89. The normalized spacial score (nSPS) is 10.9. The topological polar surface area (TPSA) is 115 Å². The van der Waals surface area contributed by atoms with Crippen molar-refractivity contribution in [2.75, 3.05) is 11.9 Å². The molecule has 0 saturated heterocycles. The summed E-state index contributed by atoms with van der Waals surface area (Å²) in [5.74, 6) is -1.12. The van der Waals surface area contributed by atoms with Crippen LogP contribution >= 0.6 is 0 Å². The molecule has 1 amide bonds. The van der Waals surface area contributed by atoms with Gasteiger partial charge in [0.05, 0.1) is 29.5 Å². The summed E-state index contributed by atoms with van der Waals surface area (Å²) in [6.45, 7) is 2.83. The molecule has 2 aromatic rings. The number of carbonyl (C=O) groups is 2. The largest absolute Gasteiger partial charge is 0.455 e. The smallest absolute Gasteiger partial charge is 0.310 e. The number of carbonyl (C=O) groups excluding carboxylic acids is 2. The molecule has 3 N–H and O–H groups in total. The lowest BCUT2D eigenvalue weighted by molar-refractivity contribution is -0.147. The van der Waals surface area contributed by atoms with Crippen LogP contribution in [0, 0.1) is 16.7 Å². The highest BCUT2D eigenvalue weighted by Crippen LogP contribution is 2.11. The van der Waals surface area contributed by atoms with Crippen LogP contribution in [0.5, 0.6) is 0 Å². The van der Waals surface area contributed by atoms with E-state index in [0.29, 0.717) is 22.5 Å². The summed E-state index contributed by atoms with van der Waals surface area (Å²) in [6, 6.07) is 18.0. The van der Waals surface area contributed by atoms with Crippen LogP contribution in [0.1, 0.15) is 25.0 Å². The fourth-order valence-corrected chi connectivity index (χ4v) is 2.56. The maximum Gasteiger partial charge on any atom is 0.310 e. The Morgan fingerprint density at radius 3 is 2.48 bits per heavy atom. The van der Waals surface area contributed by atoms with Crippen molar-refractivity contribution < 1.29 is 14.3 Å². The molecule has 7 heteroatoms. The first kappa shape index (κ1) is 21.4. The molecule has 0 aliphatic carbocycles. The van der Waals surface area contributed by atoms with Crippen molar-refractivity contribution in [2.45, 2.75) is 20.3 Å². The first-order valence-electron chi connectivity index (χ1n) is 8.92. The first-order chi connectivity index (χ1) is 13.9. The summed E-state index contributed by atoms with van der Waals surface area (Å²) in [6.07, 6.45) is -0.0380. The van der Waals surface area contributed by atoms with Gasteiger partial charge in [0.1, 0.15) is 0 Å². The lowest BCUT2D eigenvalue weighted by Gasteiger charge is -2.15. The minimum absolute atomic E-state index is 0.0380. The highest BCUT2D eigenvalue weighted by atomic mass is 16.5. The molecule has 7 nitrogen and oxygen atoms in total. The number of esters is 1. The summed E-state index contributed by atoms with van der Waals surface area (Å²) in [7, 11) is 0. The molecule has 0 atom stereocenters. The maximum absolute atomic E-state index is 12.2. The Morgan fingerprint density at radius 2 is 1.83 bits per heavy atom. The highest BCUT2D eigenvalue weighted by Gasteiger charge is 2.13. The number of nitrogens with one attached hydrogen (secondary N) is 3. The zero-order chi connectivity index (χ0) is 21.2. The minimum Gasteiger partial charge on any atom is -0.455 e. The number of amides is 1. The predicted octanol–water partition coefficient (Wildman–Crippen LogP) is 3.14. The average molecular weight is 390 g/mol. The van der Waals surface area contributed by atoms with Gasteiger partial charge in [0.15, 0.2) is 6.61 Å². The molecule has 0 heterocycles. The van der Waals surface area contributed by atoms with Crippen LogP contribution in [0.2, 0.25) is 0 Å². The molecule has 0 aliphatic heterocycles. The van der Waals surface area contributed by atoms with Crippen molar-refractivity contribution in [3.05, 3.63) is 77.1 Å². The van der Waals surface area contributed by atoms with Crippen LogP contribution < -0.4 is 10.6 Å². The van der Waals surface area contributed by atoms with Crippen LogP contribution in [0.4, 0.5) is 5.69 Å². The van der Waals surface area contributed by atoms with Crippen LogP contribution in [-0.2, 0) is 20.7 Å². The van der Waals surface area contributed by atoms with Crippen LogP contribution in [0.15, 0.2) is 66.0 Å². The van der Waals surface area contributed by atoms with Gasteiger partial charge in [-0.3, -0.25) is 9.59 Å². The second-order valence-corrected chi connectivity index (χ2v) is 6.31. The number of hydrogen-bond donors (Lipinski definition) is 3. The molecule has 2 aromatic carbocycles. The van der Waals surface area contributed by atoms with Gasteiger partial charge < -0.3 is 20.8 Å². The number of benzene rings is 2. The summed E-state index contributed by atoms with van der Waals surface area (Å²) in [5.41, 5.74) is 2.98. The molecule has 148 valence electrons. The molecule has 0 bridgehead atoms. The third kappa shape index (κ3) is 6.96. The van der Waals surface area contributed by atoms with Crippen molar-refractivity contribution in [1.29, 1.82) is 10.7 Å². The van der Waals surface area contributed by atoms with E-state index in [-0.39, 0.29) is 12.1 Å². The maximum atomic E-state index is 12.2. The lowest BCUT2D eigenvalue weighted by atomic mass is 10.1. The van der Waals surface area contributed by atoms with Gasteiger partial charge in [-0.1, -0.05) is 30.3 Å². The van der Waals surface area contributed by atoms with Crippen LogP contribution in [0.3, 0.4) is 0 Å². The molecule has 2 rings (SSSR count). The number of para-hydroxylation sites is 1. The Kier molecular flexibility index (Phi) is 7.68. The van der Waals surface area contributed by atoms with Crippen LogP contribution in [-0.4, -0.2) is 24.2 Å². The Balaban J connectivity index is 1.93. The Bertz CT molecular complexity index is 975. The monoisotopic (exact) mass is 390 g/mol. The Hall–Kier alpha value is -3.92. The average Bonchev–Trinajstić information content (AvgIpc) is 2.71. The van der Waals surface area contributed by atoms with Crippen molar-refractivity contribution >= 4 is 23.3 Å². The van der Waals surface area contributed by atoms with E-state index in [2.05, 4.69) is 10.6 Å². The Morgan fingerprint density at radius 1 is 1.10 bits per heavy atom. The standard InChI is InChI=1S/C22H22N4O3/c1-15(24)22(16(2)25-19-9-4-3-5-10-19)26-20(27)14-29-21(28)12-17-7-6-8-18(11-17)13-23/h3-11,24-25H,12,14H2,1-2H3,(H,26,27)/b22-16+,24-15?. The van der Waals surface area contributed by atoms with E-state index in [4.69, 9.17) is 15.4 Å².